The Balaban J connectivity index is 2.59. The number of ether oxygens (including phenoxy) is 1. The SMILES string of the molecule is CCNC(=NCC(C)Oc1ccccc1Br)NCCS(=O)(=O)C(C)(C)C. The molecule has 1 atom stereocenters. The average Bonchev–Trinajstić information content (AvgIpc) is 2.53. The molecule has 8 heteroatoms. The number of sulfone groups is 1. The molecule has 0 saturated heterocycles. The van der Waals surface area contributed by atoms with E-state index in [1.54, 1.807) is 20.8 Å². The lowest BCUT2D eigenvalue weighted by Gasteiger charge is -2.20. The van der Waals surface area contributed by atoms with Gasteiger partial charge in [-0.15, -0.1) is 0 Å². The molecular weight excluding hydrogens is 418 g/mol. The second-order valence-corrected chi connectivity index (χ2v) is 10.7. The van der Waals surface area contributed by atoms with Gasteiger partial charge in [-0.1, -0.05) is 12.1 Å². The summed E-state index contributed by atoms with van der Waals surface area (Å²) >= 11 is 3.46. The van der Waals surface area contributed by atoms with E-state index in [4.69, 9.17) is 4.74 Å². The van der Waals surface area contributed by atoms with Crippen LogP contribution in [0.25, 0.3) is 0 Å². The van der Waals surface area contributed by atoms with Crippen molar-refractivity contribution in [1.82, 2.24) is 10.6 Å². The number of nitrogens with one attached hydrogen (secondary N) is 2. The van der Waals surface area contributed by atoms with Gasteiger partial charge in [0.15, 0.2) is 15.8 Å². The summed E-state index contributed by atoms with van der Waals surface area (Å²) in [4.78, 5) is 4.48. The maximum Gasteiger partial charge on any atom is 0.191 e. The summed E-state index contributed by atoms with van der Waals surface area (Å²) in [5, 5.41) is 6.19. The van der Waals surface area contributed by atoms with Gasteiger partial charge in [0.05, 0.1) is 21.5 Å². The molecule has 0 aliphatic carbocycles. The molecule has 0 amide bonds. The fourth-order valence-corrected chi connectivity index (χ4v) is 3.33. The second kappa shape index (κ2) is 10.2. The normalized spacial score (nSPS) is 14.0. The van der Waals surface area contributed by atoms with Crippen molar-refractivity contribution in [2.24, 2.45) is 4.99 Å². The third kappa shape index (κ3) is 7.53. The zero-order valence-electron chi connectivity index (χ0n) is 16.2. The molecule has 0 aliphatic rings. The summed E-state index contributed by atoms with van der Waals surface area (Å²) in [5.41, 5.74) is 0. The highest BCUT2D eigenvalue weighted by Gasteiger charge is 2.28. The number of halogens is 1. The first-order chi connectivity index (χ1) is 12.1. The van der Waals surface area contributed by atoms with E-state index in [1.807, 2.05) is 38.1 Å². The van der Waals surface area contributed by atoms with Gasteiger partial charge in [0.2, 0.25) is 0 Å². The Kier molecular flexibility index (Phi) is 8.89. The van der Waals surface area contributed by atoms with Gasteiger partial charge >= 0.3 is 0 Å². The summed E-state index contributed by atoms with van der Waals surface area (Å²) in [6, 6.07) is 7.66. The second-order valence-electron chi connectivity index (χ2n) is 6.94. The van der Waals surface area contributed by atoms with E-state index in [-0.39, 0.29) is 11.9 Å². The number of para-hydroxylation sites is 1. The minimum Gasteiger partial charge on any atom is -0.488 e. The molecule has 0 radical (unpaired) electrons. The van der Waals surface area contributed by atoms with Crippen LogP contribution in [0.1, 0.15) is 34.6 Å². The van der Waals surface area contributed by atoms with Crippen molar-refractivity contribution in [3.8, 4) is 5.75 Å². The highest BCUT2D eigenvalue weighted by molar-refractivity contribution is 9.10. The molecule has 1 rings (SSSR count). The number of rotatable bonds is 8. The van der Waals surface area contributed by atoms with Crippen LogP contribution in [0.5, 0.6) is 5.75 Å². The number of nitrogens with zero attached hydrogens (tertiary/aromatic N) is 1. The maximum absolute atomic E-state index is 12.2. The van der Waals surface area contributed by atoms with Gasteiger partial charge < -0.3 is 15.4 Å². The van der Waals surface area contributed by atoms with Crippen LogP contribution in [0.2, 0.25) is 0 Å². The first-order valence-electron chi connectivity index (χ1n) is 8.72. The van der Waals surface area contributed by atoms with E-state index >= 15 is 0 Å². The van der Waals surface area contributed by atoms with Crippen LogP contribution < -0.4 is 15.4 Å². The molecule has 0 aromatic heterocycles. The lowest BCUT2D eigenvalue weighted by molar-refractivity contribution is 0.228. The Morgan fingerprint density at radius 1 is 1.27 bits per heavy atom. The summed E-state index contributed by atoms with van der Waals surface area (Å²) in [6.07, 6.45) is -0.123. The first kappa shape index (κ1) is 22.8. The van der Waals surface area contributed by atoms with Gasteiger partial charge in [0.1, 0.15) is 11.9 Å². The van der Waals surface area contributed by atoms with Crippen LogP contribution >= 0.6 is 15.9 Å². The van der Waals surface area contributed by atoms with Gasteiger partial charge in [0, 0.05) is 13.1 Å². The minimum absolute atomic E-state index is 0.0595. The van der Waals surface area contributed by atoms with E-state index in [0.717, 1.165) is 10.2 Å². The predicted octanol–water partition coefficient (Wildman–Crippen LogP) is 2.98. The average molecular weight is 448 g/mol. The number of guanidine groups is 1. The highest BCUT2D eigenvalue weighted by Crippen LogP contribution is 2.24. The van der Waals surface area contributed by atoms with Gasteiger partial charge in [-0.05, 0) is 62.7 Å². The zero-order valence-corrected chi connectivity index (χ0v) is 18.6. The molecule has 1 aromatic rings. The van der Waals surface area contributed by atoms with Gasteiger partial charge in [-0.3, -0.25) is 0 Å². The van der Waals surface area contributed by atoms with Gasteiger partial charge in [-0.2, -0.15) is 0 Å². The van der Waals surface area contributed by atoms with E-state index in [1.165, 1.54) is 0 Å². The Morgan fingerprint density at radius 3 is 2.50 bits per heavy atom. The van der Waals surface area contributed by atoms with Crippen molar-refractivity contribution in [2.45, 2.75) is 45.5 Å². The minimum atomic E-state index is -3.16. The molecule has 26 heavy (non-hydrogen) atoms. The summed E-state index contributed by atoms with van der Waals surface area (Å²) < 4.78 is 30.3. The van der Waals surface area contributed by atoms with Crippen LogP contribution in [-0.4, -0.2) is 50.6 Å². The lowest BCUT2D eigenvalue weighted by Crippen LogP contribution is -2.42. The van der Waals surface area contributed by atoms with E-state index in [0.29, 0.717) is 25.6 Å². The third-order valence-corrected chi connectivity index (χ3v) is 6.87. The first-order valence-corrected chi connectivity index (χ1v) is 11.2. The van der Waals surface area contributed by atoms with Crippen LogP contribution in [-0.2, 0) is 9.84 Å². The van der Waals surface area contributed by atoms with Crippen molar-refractivity contribution < 1.29 is 13.2 Å². The predicted molar refractivity (Wildman–Crippen MR) is 112 cm³/mol. The standard InChI is InChI=1S/C18H30BrN3O3S/c1-6-20-17(21-11-12-26(23,24)18(3,4)5)22-13-14(2)25-16-10-8-7-9-15(16)19/h7-10,14H,6,11-13H2,1-5H3,(H2,20,21,22). The van der Waals surface area contributed by atoms with Crippen LogP contribution in [0.4, 0.5) is 0 Å². The van der Waals surface area contributed by atoms with Crippen LogP contribution in [0, 0.1) is 0 Å². The monoisotopic (exact) mass is 447 g/mol. The molecule has 0 aliphatic heterocycles. The molecular formula is C18H30BrN3O3S. The van der Waals surface area contributed by atoms with E-state index in [2.05, 4.69) is 31.6 Å². The van der Waals surface area contributed by atoms with Crippen LogP contribution in [0.3, 0.4) is 0 Å². The Bertz CT molecular complexity index is 700. The number of benzene rings is 1. The number of hydrogen-bond acceptors (Lipinski definition) is 4. The molecule has 0 spiro atoms. The molecule has 0 bridgehead atoms. The Hall–Kier alpha value is -1.28. The molecule has 1 unspecified atom stereocenters. The molecule has 2 N–H and O–H groups in total. The van der Waals surface area contributed by atoms with E-state index < -0.39 is 14.6 Å². The molecule has 0 heterocycles. The largest absolute Gasteiger partial charge is 0.488 e. The number of aliphatic imine (C=N–C) groups is 1. The summed E-state index contributed by atoms with van der Waals surface area (Å²) in [7, 11) is -3.16. The van der Waals surface area contributed by atoms with Crippen molar-refractivity contribution >= 4 is 31.7 Å². The molecule has 148 valence electrons. The smallest absolute Gasteiger partial charge is 0.191 e. The van der Waals surface area contributed by atoms with Gasteiger partial charge in [0.25, 0.3) is 0 Å². The summed E-state index contributed by atoms with van der Waals surface area (Å²) in [6.45, 7) is 10.5. The van der Waals surface area contributed by atoms with Crippen LogP contribution in [0.15, 0.2) is 33.7 Å². The molecule has 0 fully saturated rings. The highest BCUT2D eigenvalue weighted by atomic mass is 79.9. The van der Waals surface area contributed by atoms with Crippen molar-refractivity contribution in [3.63, 3.8) is 0 Å². The molecule has 6 nitrogen and oxygen atoms in total. The quantitative estimate of drug-likeness (QED) is 0.472. The van der Waals surface area contributed by atoms with Crippen molar-refractivity contribution in [3.05, 3.63) is 28.7 Å². The van der Waals surface area contributed by atoms with Gasteiger partial charge in [-0.25, -0.2) is 13.4 Å². The molecule has 1 aromatic carbocycles. The Labute approximate surface area is 165 Å². The van der Waals surface area contributed by atoms with Crippen molar-refractivity contribution in [2.75, 3.05) is 25.4 Å². The van der Waals surface area contributed by atoms with Crippen molar-refractivity contribution in [1.29, 1.82) is 0 Å². The fraction of sp³-hybridized carbons (Fsp3) is 0.611. The Morgan fingerprint density at radius 2 is 1.92 bits per heavy atom. The fourth-order valence-electron chi connectivity index (χ4n) is 1.97. The third-order valence-electron chi connectivity index (χ3n) is 3.61. The maximum atomic E-state index is 12.2. The summed E-state index contributed by atoms with van der Waals surface area (Å²) in [5.74, 6) is 1.41. The topological polar surface area (TPSA) is 79.8 Å². The lowest BCUT2D eigenvalue weighted by atomic mass is 10.3. The van der Waals surface area contributed by atoms with E-state index in [9.17, 15) is 8.42 Å². The molecule has 0 saturated carbocycles. The zero-order chi connectivity index (χ0) is 19.8. The number of hydrogen-bond donors (Lipinski definition) is 2.